The van der Waals surface area contributed by atoms with Gasteiger partial charge in [-0.1, -0.05) is 12.8 Å². The van der Waals surface area contributed by atoms with E-state index in [1.807, 2.05) is 4.90 Å². The Bertz CT molecular complexity index is 482. The number of nitrogens with one attached hydrogen (secondary N) is 1. The van der Waals surface area contributed by atoms with E-state index in [2.05, 4.69) is 5.32 Å². The number of amides is 3. The number of carbonyl (C=O) groups is 3. The summed E-state index contributed by atoms with van der Waals surface area (Å²) in [6.45, 7) is 2.29. The van der Waals surface area contributed by atoms with Crippen LogP contribution in [0.5, 0.6) is 0 Å². The molecule has 1 aliphatic carbocycles. The van der Waals surface area contributed by atoms with Gasteiger partial charge < -0.3 is 15.1 Å². The van der Waals surface area contributed by atoms with Gasteiger partial charge in [-0.2, -0.15) is 0 Å². The lowest BCUT2D eigenvalue weighted by Gasteiger charge is -2.44. The van der Waals surface area contributed by atoms with Crippen molar-refractivity contribution < 1.29 is 14.4 Å². The molecule has 2 heterocycles. The fourth-order valence-electron chi connectivity index (χ4n) is 4.42. The van der Waals surface area contributed by atoms with E-state index in [9.17, 15) is 14.4 Å². The molecule has 2 atom stereocenters. The van der Waals surface area contributed by atoms with Gasteiger partial charge in [0.25, 0.3) is 0 Å². The average Bonchev–Trinajstić information content (AvgIpc) is 2.61. The first kappa shape index (κ1) is 17.2. The SMILES string of the molecule is O=C1CCN(C(=O)CCNC(=O)N2CCCC3CCCCC32)CC1. The highest BCUT2D eigenvalue weighted by molar-refractivity contribution is 5.83. The molecule has 3 amide bonds. The molecule has 3 rings (SSSR count). The predicted octanol–water partition coefficient (Wildman–Crippen LogP) is 1.93. The summed E-state index contributed by atoms with van der Waals surface area (Å²) in [5, 5.41) is 2.94. The predicted molar refractivity (Wildman–Crippen MR) is 90.5 cm³/mol. The first-order valence-corrected chi connectivity index (χ1v) is 9.49. The zero-order chi connectivity index (χ0) is 16.9. The molecule has 0 bridgehead atoms. The van der Waals surface area contributed by atoms with Crippen molar-refractivity contribution in [2.45, 2.75) is 63.8 Å². The Morgan fingerprint density at radius 1 is 1.00 bits per heavy atom. The van der Waals surface area contributed by atoms with E-state index in [0.29, 0.717) is 50.9 Å². The summed E-state index contributed by atoms with van der Waals surface area (Å²) >= 11 is 0. The van der Waals surface area contributed by atoms with Gasteiger partial charge >= 0.3 is 6.03 Å². The summed E-state index contributed by atoms with van der Waals surface area (Å²) in [6, 6.07) is 0.393. The molecule has 24 heavy (non-hydrogen) atoms. The van der Waals surface area contributed by atoms with Gasteiger partial charge in [0, 0.05) is 51.5 Å². The summed E-state index contributed by atoms with van der Waals surface area (Å²) in [4.78, 5) is 39.6. The summed E-state index contributed by atoms with van der Waals surface area (Å²) in [6.07, 6.45) is 8.49. The fourth-order valence-corrected chi connectivity index (χ4v) is 4.42. The number of hydrogen-bond acceptors (Lipinski definition) is 3. The molecule has 0 aromatic heterocycles. The van der Waals surface area contributed by atoms with E-state index in [1.54, 1.807) is 4.90 Å². The van der Waals surface area contributed by atoms with Gasteiger partial charge in [-0.15, -0.1) is 0 Å². The van der Waals surface area contributed by atoms with Crippen molar-refractivity contribution in [1.82, 2.24) is 15.1 Å². The highest BCUT2D eigenvalue weighted by Gasteiger charge is 2.35. The molecular weight excluding hydrogens is 306 g/mol. The van der Waals surface area contributed by atoms with Crippen molar-refractivity contribution >= 4 is 17.7 Å². The minimum Gasteiger partial charge on any atom is -0.342 e. The van der Waals surface area contributed by atoms with Crippen molar-refractivity contribution in [1.29, 1.82) is 0 Å². The van der Waals surface area contributed by atoms with Crippen LogP contribution in [0, 0.1) is 5.92 Å². The van der Waals surface area contributed by atoms with Crippen LogP contribution in [-0.2, 0) is 9.59 Å². The van der Waals surface area contributed by atoms with Crippen molar-refractivity contribution in [3.63, 3.8) is 0 Å². The Hall–Kier alpha value is -1.59. The molecule has 2 aliphatic heterocycles. The summed E-state index contributed by atoms with van der Waals surface area (Å²) < 4.78 is 0. The van der Waals surface area contributed by atoms with E-state index >= 15 is 0 Å². The van der Waals surface area contributed by atoms with Crippen LogP contribution >= 0.6 is 0 Å². The third-order valence-electron chi connectivity index (χ3n) is 5.79. The molecule has 0 radical (unpaired) electrons. The van der Waals surface area contributed by atoms with Crippen LogP contribution in [-0.4, -0.2) is 59.7 Å². The normalized spacial score (nSPS) is 27.6. The Balaban J connectivity index is 1.42. The van der Waals surface area contributed by atoms with Gasteiger partial charge in [0.2, 0.25) is 5.91 Å². The third-order valence-corrected chi connectivity index (χ3v) is 5.79. The average molecular weight is 335 g/mol. The number of carbonyl (C=O) groups excluding carboxylic acids is 3. The molecule has 1 saturated carbocycles. The first-order chi connectivity index (χ1) is 11.6. The van der Waals surface area contributed by atoms with Crippen molar-refractivity contribution in [3.05, 3.63) is 0 Å². The number of urea groups is 1. The van der Waals surface area contributed by atoms with Crippen molar-refractivity contribution in [3.8, 4) is 0 Å². The maximum absolute atomic E-state index is 12.5. The van der Waals surface area contributed by atoms with E-state index in [-0.39, 0.29) is 17.7 Å². The maximum atomic E-state index is 12.5. The van der Waals surface area contributed by atoms with Crippen molar-refractivity contribution in [2.75, 3.05) is 26.2 Å². The van der Waals surface area contributed by atoms with Gasteiger partial charge in [-0.25, -0.2) is 4.79 Å². The number of Topliss-reactive ketones (excluding diaryl/α,β-unsaturated/α-hetero) is 1. The molecule has 0 aromatic carbocycles. The number of piperidine rings is 2. The highest BCUT2D eigenvalue weighted by atomic mass is 16.2. The minimum atomic E-state index is -0.00628. The van der Waals surface area contributed by atoms with E-state index in [1.165, 1.54) is 25.7 Å². The van der Waals surface area contributed by atoms with Gasteiger partial charge in [0.1, 0.15) is 5.78 Å². The first-order valence-electron chi connectivity index (χ1n) is 9.49. The molecule has 6 heteroatoms. The van der Waals surface area contributed by atoms with Gasteiger partial charge in [-0.05, 0) is 31.6 Å². The van der Waals surface area contributed by atoms with Crippen LogP contribution in [0.25, 0.3) is 0 Å². The Kier molecular flexibility index (Phi) is 5.74. The molecule has 6 nitrogen and oxygen atoms in total. The number of ketones is 1. The minimum absolute atomic E-state index is 0.00628. The fraction of sp³-hybridized carbons (Fsp3) is 0.833. The number of likely N-dealkylation sites (tertiary alicyclic amines) is 2. The van der Waals surface area contributed by atoms with E-state index in [0.717, 1.165) is 19.4 Å². The molecule has 134 valence electrons. The quantitative estimate of drug-likeness (QED) is 0.857. The second-order valence-corrected chi connectivity index (χ2v) is 7.35. The van der Waals surface area contributed by atoms with Crippen LogP contribution in [0.15, 0.2) is 0 Å². The van der Waals surface area contributed by atoms with Gasteiger partial charge in [0.15, 0.2) is 0 Å². The third kappa shape index (κ3) is 4.08. The zero-order valence-electron chi connectivity index (χ0n) is 14.5. The lowest BCUT2D eigenvalue weighted by molar-refractivity contribution is -0.134. The van der Waals surface area contributed by atoms with Crippen LogP contribution in [0.4, 0.5) is 4.79 Å². The molecule has 2 unspecified atom stereocenters. The van der Waals surface area contributed by atoms with Crippen LogP contribution in [0.3, 0.4) is 0 Å². The number of nitrogens with zero attached hydrogens (tertiary/aromatic N) is 2. The molecule has 3 fully saturated rings. The lowest BCUT2D eigenvalue weighted by Crippen LogP contribution is -2.53. The molecule has 0 spiro atoms. The second kappa shape index (κ2) is 7.99. The van der Waals surface area contributed by atoms with Crippen LogP contribution < -0.4 is 5.32 Å². The Morgan fingerprint density at radius 2 is 1.71 bits per heavy atom. The second-order valence-electron chi connectivity index (χ2n) is 7.35. The topological polar surface area (TPSA) is 69.7 Å². The molecule has 1 N–H and O–H groups in total. The summed E-state index contributed by atoms with van der Waals surface area (Å²) in [7, 11) is 0. The Morgan fingerprint density at radius 3 is 2.50 bits per heavy atom. The standard InChI is InChI=1S/C18H29N3O3/c22-15-8-12-20(13-9-15)17(23)7-10-19-18(24)21-11-3-5-14-4-1-2-6-16(14)21/h14,16H,1-13H2,(H,19,24). The molecule has 2 saturated heterocycles. The van der Waals surface area contributed by atoms with Gasteiger partial charge in [0.05, 0.1) is 0 Å². The Labute approximate surface area is 143 Å². The smallest absolute Gasteiger partial charge is 0.317 e. The maximum Gasteiger partial charge on any atom is 0.317 e. The summed E-state index contributed by atoms with van der Waals surface area (Å²) in [5.74, 6) is 0.947. The molecule has 0 aromatic rings. The highest BCUT2D eigenvalue weighted by Crippen LogP contribution is 2.35. The zero-order valence-corrected chi connectivity index (χ0v) is 14.5. The number of hydrogen-bond donors (Lipinski definition) is 1. The molecular formula is C18H29N3O3. The lowest BCUT2D eigenvalue weighted by atomic mass is 9.78. The summed E-state index contributed by atoms with van der Waals surface area (Å²) in [5.41, 5.74) is 0. The number of rotatable bonds is 3. The largest absolute Gasteiger partial charge is 0.342 e. The van der Waals surface area contributed by atoms with Crippen LogP contribution in [0.1, 0.15) is 57.8 Å². The van der Waals surface area contributed by atoms with Crippen molar-refractivity contribution in [2.24, 2.45) is 5.92 Å². The van der Waals surface area contributed by atoms with Gasteiger partial charge in [-0.3, -0.25) is 9.59 Å². The number of fused-ring (bicyclic) bond motifs is 1. The molecule has 3 aliphatic rings. The van der Waals surface area contributed by atoms with Crippen LogP contribution in [0.2, 0.25) is 0 Å². The monoisotopic (exact) mass is 335 g/mol. The van der Waals surface area contributed by atoms with E-state index in [4.69, 9.17) is 0 Å². The van der Waals surface area contributed by atoms with E-state index < -0.39 is 0 Å².